The first-order valence-electron chi connectivity index (χ1n) is 5.55. The van der Waals surface area contributed by atoms with Crippen LogP contribution >= 0.6 is 0 Å². The molecule has 2 heterocycles. The van der Waals surface area contributed by atoms with E-state index in [1.165, 1.54) is 30.6 Å². The van der Waals surface area contributed by atoms with Crippen LogP contribution in [0.15, 0.2) is 12.3 Å². The van der Waals surface area contributed by atoms with Gasteiger partial charge in [-0.15, -0.1) is 0 Å². The van der Waals surface area contributed by atoms with Crippen LogP contribution in [0.3, 0.4) is 0 Å². The van der Waals surface area contributed by atoms with Crippen LogP contribution in [-0.2, 0) is 7.05 Å². The molecule has 0 amide bonds. The zero-order valence-electron chi connectivity index (χ0n) is 9.20. The van der Waals surface area contributed by atoms with Crippen molar-refractivity contribution in [3.63, 3.8) is 0 Å². The topological polar surface area (TPSA) is 30.7 Å². The van der Waals surface area contributed by atoms with Crippen molar-refractivity contribution in [1.82, 2.24) is 14.5 Å². The summed E-state index contributed by atoms with van der Waals surface area (Å²) >= 11 is 0. The fourth-order valence-electron chi connectivity index (χ4n) is 2.30. The predicted octanol–water partition coefficient (Wildman–Crippen LogP) is 2.54. The minimum atomic E-state index is 0.682. The van der Waals surface area contributed by atoms with Gasteiger partial charge < -0.3 is 4.57 Å². The summed E-state index contributed by atoms with van der Waals surface area (Å²) in [6.45, 7) is 2.03. The van der Waals surface area contributed by atoms with Gasteiger partial charge in [-0.2, -0.15) is 0 Å². The number of hydrogen-bond acceptors (Lipinski definition) is 2. The number of fused-ring (bicyclic) bond motifs is 1. The van der Waals surface area contributed by atoms with Crippen LogP contribution in [0.25, 0.3) is 11.0 Å². The number of hydrogen-bond donors (Lipinski definition) is 0. The highest BCUT2D eigenvalue weighted by Gasteiger charge is 2.24. The Morgan fingerprint density at radius 1 is 1.40 bits per heavy atom. The summed E-state index contributed by atoms with van der Waals surface area (Å²) in [6.07, 6.45) is 5.81. The Bertz CT molecular complexity index is 509. The molecule has 1 aliphatic carbocycles. The lowest BCUT2D eigenvalue weighted by molar-refractivity contribution is 0.394. The van der Waals surface area contributed by atoms with Crippen LogP contribution < -0.4 is 0 Å². The molecule has 2 aromatic heterocycles. The normalized spacial score (nSPS) is 16.9. The minimum Gasteiger partial charge on any atom is -0.331 e. The lowest BCUT2D eigenvalue weighted by atomic mass is 9.85. The largest absolute Gasteiger partial charge is 0.331 e. The molecule has 0 radical (unpaired) electrons. The Morgan fingerprint density at radius 2 is 2.20 bits per heavy atom. The quantitative estimate of drug-likeness (QED) is 0.710. The highest BCUT2D eigenvalue weighted by atomic mass is 15.1. The van der Waals surface area contributed by atoms with Crippen LogP contribution in [0.4, 0.5) is 0 Å². The molecule has 0 spiro atoms. The van der Waals surface area contributed by atoms with Crippen LogP contribution in [0.5, 0.6) is 0 Å². The van der Waals surface area contributed by atoms with E-state index in [9.17, 15) is 0 Å². The number of rotatable bonds is 1. The zero-order valence-corrected chi connectivity index (χ0v) is 9.20. The number of imidazole rings is 1. The summed E-state index contributed by atoms with van der Waals surface area (Å²) in [5.41, 5.74) is 3.32. The highest BCUT2D eigenvalue weighted by molar-refractivity contribution is 5.77. The van der Waals surface area contributed by atoms with Gasteiger partial charge in [-0.3, -0.25) is 4.98 Å². The first-order valence-corrected chi connectivity index (χ1v) is 5.55. The first kappa shape index (κ1) is 8.89. The summed E-state index contributed by atoms with van der Waals surface area (Å²) in [5.74, 6) is 1.93. The van der Waals surface area contributed by atoms with Crippen molar-refractivity contribution in [3.8, 4) is 0 Å². The minimum absolute atomic E-state index is 0.682. The molecule has 0 saturated heterocycles. The highest BCUT2D eigenvalue weighted by Crippen LogP contribution is 2.36. The van der Waals surface area contributed by atoms with Crippen molar-refractivity contribution in [1.29, 1.82) is 0 Å². The van der Waals surface area contributed by atoms with Crippen molar-refractivity contribution in [2.45, 2.75) is 32.1 Å². The van der Waals surface area contributed by atoms with E-state index in [1.54, 1.807) is 0 Å². The van der Waals surface area contributed by atoms with Gasteiger partial charge in [-0.25, -0.2) is 4.98 Å². The standard InChI is InChI=1S/C12H15N3/c1-8-11-10(6-7-13-8)15(2)12(14-11)9-4-3-5-9/h6-7,9H,3-5H2,1-2H3. The molecule has 0 N–H and O–H groups in total. The van der Waals surface area contributed by atoms with Crippen LogP contribution in [0, 0.1) is 6.92 Å². The van der Waals surface area contributed by atoms with Gasteiger partial charge in [0.15, 0.2) is 0 Å². The molecule has 0 aromatic carbocycles. The van der Waals surface area contributed by atoms with Crippen molar-refractivity contribution in [3.05, 3.63) is 23.8 Å². The molecule has 2 aromatic rings. The summed E-state index contributed by atoms with van der Waals surface area (Å²) in [4.78, 5) is 9.02. The Hall–Kier alpha value is -1.38. The molecule has 0 atom stereocenters. The van der Waals surface area contributed by atoms with Gasteiger partial charge in [0.05, 0.1) is 11.2 Å². The van der Waals surface area contributed by atoms with E-state index in [1.807, 2.05) is 13.1 Å². The zero-order chi connectivity index (χ0) is 10.4. The monoisotopic (exact) mass is 201 g/mol. The molecular weight excluding hydrogens is 186 g/mol. The molecule has 0 unspecified atom stereocenters. The molecular formula is C12H15N3. The fraction of sp³-hybridized carbons (Fsp3) is 0.500. The third kappa shape index (κ3) is 1.19. The summed E-state index contributed by atoms with van der Waals surface area (Å²) in [7, 11) is 2.11. The third-order valence-corrected chi connectivity index (χ3v) is 3.49. The van der Waals surface area contributed by atoms with E-state index in [0.717, 1.165) is 11.2 Å². The second-order valence-electron chi connectivity index (χ2n) is 4.42. The van der Waals surface area contributed by atoms with E-state index >= 15 is 0 Å². The van der Waals surface area contributed by atoms with E-state index in [4.69, 9.17) is 4.98 Å². The molecule has 3 heteroatoms. The van der Waals surface area contributed by atoms with Crippen LogP contribution in [-0.4, -0.2) is 14.5 Å². The Kier molecular flexibility index (Phi) is 1.81. The van der Waals surface area contributed by atoms with Gasteiger partial charge in [-0.05, 0) is 25.8 Å². The van der Waals surface area contributed by atoms with E-state index in [2.05, 4.69) is 22.7 Å². The van der Waals surface area contributed by atoms with Crippen LogP contribution in [0.2, 0.25) is 0 Å². The Labute approximate surface area is 89.2 Å². The molecule has 3 rings (SSSR count). The maximum atomic E-state index is 4.73. The molecule has 1 aliphatic rings. The molecule has 1 fully saturated rings. The SMILES string of the molecule is Cc1nccc2c1nc(C1CCC1)n2C. The molecule has 0 aliphatic heterocycles. The van der Waals surface area contributed by atoms with Gasteiger partial charge in [-0.1, -0.05) is 6.42 Å². The fourth-order valence-corrected chi connectivity index (χ4v) is 2.30. The van der Waals surface area contributed by atoms with Gasteiger partial charge in [0.25, 0.3) is 0 Å². The maximum Gasteiger partial charge on any atom is 0.112 e. The first-order chi connectivity index (χ1) is 7.27. The second kappa shape index (κ2) is 3.05. The van der Waals surface area contributed by atoms with Crippen molar-refractivity contribution >= 4 is 11.0 Å². The third-order valence-electron chi connectivity index (χ3n) is 3.49. The van der Waals surface area contributed by atoms with Gasteiger partial charge in [0.2, 0.25) is 0 Å². The number of nitrogens with zero attached hydrogens (tertiary/aromatic N) is 3. The number of aromatic nitrogens is 3. The van der Waals surface area contributed by atoms with Gasteiger partial charge in [0.1, 0.15) is 11.3 Å². The van der Waals surface area contributed by atoms with Crippen molar-refractivity contribution < 1.29 is 0 Å². The van der Waals surface area contributed by atoms with Crippen molar-refractivity contribution in [2.75, 3.05) is 0 Å². The van der Waals surface area contributed by atoms with E-state index in [-0.39, 0.29) is 0 Å². The van der Waals surface area contributed by atoms with E-state index < -0.39 is 0 Å². The molecule has 1 saturated carbocycles. The second-order valence-corrected chi connectivity index (χ2v) is 4.42. The maximum absolute atomic E-state index is 4.73. The summed E-state index contributed by atoms with van der Waals surface area (Å²) in [6, 6.07) is 2.05. The molecule has 0 bridgehead atoms. The van der Waals surface area contributed by atoms with Crippen molar-refractivity contribution in [2.24, 2.45) is 7.05 Å². The predicted molar refractivity (Wildman–Crippen MR) is 59.8 cm³/mol. The van der Waals surface area contributed by atoms with Gasteiger partial charge >= 0.3 is 0 Å². The summed E-state index contributed by atoms with van der Waals surface area (Å²) < 4.78 is 2.23. The van der Waals surface area contributed by atoms with E-state index in [0.29, 0.717) is 5.92 Å². The smallest absolute Gasteiger partial charge is 0.112 e. The van der Waals surface area contributed by atoms with Gasteiger partial charge in [0, 0.05) is 19.2 Å². The average Bonchev–Trinajstić information content (AvgIpc) is 2.45. The average molecular weight is 201 g/mol. The Morgan fingerprint density at radius 3 is 2.80 bits per heavy atom. The molecule has 3 nitrogen and oxygen atoms in total. The lowest BCUT2D eigenvalue weighted by Gasteiger charge is -2.24. The lowest BCUT2D eigenvalue weighted by Crippen LogP contribution is -2.13. The Balaban J connectivity index is 2.23. The molecule has 78 valence electrons. The van der Waals surface area contributed by atoms with Crippen LogP contribution in [0.1, 0.15) is 36.7 Å². The number of aryl methyl sites for hydroxylation is 2. The summed E-state index contributed by atoms with van der Waals surface area (Å²) in [5, 5.41) is 0. The molecule has 15 heavy (non-hydrogen) atoms. The number of pyridine rings is 1.